The number of rotatable bonds is 10. The molecule has 0 aromatic carbocycles. The predicted molar refractivity (Wildman–Crippen MR) is 79.6 cm³/mol. The molecule has 0 radical (unpaired) electrons. The molecule has 0 aliphatic rings. The van der Waals surface area contributed by atoms with Crippen molar-refractivity contribution < 1.29 is 9.90 Å². The van der Waals surface area contributed by atoms with Crippen molar-refractivity contribution in [2.75, 3.05) is 23.5 Å². The molecule has 0 atom stereocenters. The summed E-state index contributed by atoms with van der Waals surface area (Å²) in [5.74, 6) is 0.674. The Morgan fingerprint density at radius 2 is 2.05 bits per heavy atom. The monoisotopic (exact) mass is 304 g/mol. The van der Waals surface area contributed by atoms with Gasteiger partial charge in [-0.1, -0.05) is 24.6 Å². The zero-order chi connectivity index (χ0) is 14.1. The second-order valence-corrected chi connectivity index (χ2v) is 6.01. The van der Waals surface area contributed by atoms with Crippen LogP contribution in [0.15, 0.2) is 5.16 Å². The molecule has 0 bridgehead atoms. The van der Waals surface area contributed by atoms with Gasteiger partial charge in [0.05, 0.1) is 5.75 Å². The van der Waals surface area contributed by atoms with Crippen molar-refractivity contribution in [2.24, 2.45) is 0 Å². The average molecular weight is 304 g/mol. The molecule has 6 nitrogen and oxygen atoms in total. The van der Waals surface area contributed by atoms with Gasteiger partial charge in [-0.2, -0.15) is 11.8 Å². The van der Waals surface area contributed by atoms with Crippen LogP contribution in [-0.4, -0.2) is 43.6 Å². The van der Waals surface area contributed by atoms with Gasteiger partial charge in [0.2, 0.25) is 5.95 Å². The van der Waals surface area contributed by atoms with Gasteiger partial charge in [-0.05, 0) is 24.9 Å². The lowest BCUT2D eigenvalue weighted by Gasteiger charge is -2.07. The maximum absolute atomic E-state index is 10.5. The molecule has 1 heterocycles. The summed E-state index contributed by atoms with van der Waals surface area (Å²) in [7, 11) is 0. The van der Waals surface area contributed by atoms with Crippen LogP contribution in [0.5, 0.6) is 0 Å². The molecule has 3 N–H and O–H groups in total. The van der Waals surface area contributed by atoms with Crippen LogP contribution in [-0.2, 0) is 11.3 Å². The van der Waals surface area contributed by atoms with E-state index < -0.39 is 5.97 Å². The molecule has 1 aromatic rings. The van der Waals surface area contributed by atoms with Gasteiger partial charge >= 0.3 is 5.97 Å². The van der Waals surface area contributed by atoms with Crippen molar-refractivity contribution in [3.05, 3.63) is 0 Å². The van der Waals surface area contributed by atoms with Crippen LogP contribution in [0.4, 0.5) is 5.95 Å². The second kappa shape index (κ2) is 9.08. The van der Waals surface area contributed by atoms with Crippen molar-refractivity contribution in [1.29, 1.82) is 0 Å². The van der Waals surface area contributed by atoms with E-state index >= 15 is 0 Å². The third-order valence-electron chi connectivity index (χ3n) is 2.55. The number of hydrogen-bond acceptors (Lipinski definition) is 6. The largest absolute Gasteiger partial charge is 0.481 e. The Kier molecular flexibility index (Phi) is 7.73. The van der Waals surface area contributed by atoms with E-state index in [1.807, 2.05) is 11.8 Å². The molecule has 0 aliphatic heterocycles. The van der Waals surface area contributed by atoms with E-state index in [4.69, 9.17) is 10.8 Å². The van der Waals surface area contributed by atoms with Gasteiger partial charge in [-0.15, -0.1) is 10.2 Å². The fraction of sp³-hybridized carbons (Fsp3) is 0.727. The van der Waals surface area contributed by atoms with Crippen LogP contribution in [0.1, 0.15) is 25.7 Å². The van der Waals surface area contributed by atoms with Crippen LogP contribution in [0, 0.1) is 0 Å². The molecule has 0 saturated carbocycles. The first-order valence-corrected chi connectivity index (χ1v) is 8.55. The number of carbonyl (C=O) groups is 1. The second-order valence-electron chi connectivity index (χ2n) is 4.08. The number of thioether (sulfide) groups is 2. The number of aromatic nitrogens is 3. The van der Waals surface area contributed by atoms with E-state index in [2.05, 4.69) is 16.5 Å². The summed E-state index contributed by atoms with van der Waals surface area (Å²) in [5.41, 5.74) is 5.74. The minimum absolute atomic E-state index is 0.0220. The number of hydrogen-bond donors (Lipinski definition) is 2. The number of aliphatic carboxylic acids is 1. The third kappa shape index (κ3) is 6.20. The SMILES string of the molecule is CSCCCCCCn1c(N)nnc1SCC(=O)O. The zero-order valence-corrected chi connectivity index (χ0v) is 12.7. The molecule has 8 heteroatoms. The molecule has 0 spiro atoms. The van der Waals surface area contributed by atoms with Crippen molar-refractivity contribution in [3.8, 4) is 0 Å². The van der Waals surface area contributed by atoms with E-state index in [0.717, 1.165) is 31.1 Å². The summed E-state index contributed by atoms with van der Waals surface area (Å²) < 4.78 is 1.79. The first-order chi connectivity index (χ1) is 9.15. The number of unbranched alkanes of at least 4 members (excludes halogenated alkanes) is 3. The number of anilines is 1. The lowest BCUT2D eigenvalue weighted by atomic mass is 10.2. The van der Waals surface area contributed by atoms with E-state index in [9.17, 15) is 4.79 Å². The Morgan fingerprint density at radius 1 is 1.32 bits per heavy atom. The Balaban J connectivity index is 2.35. The zero-order valence-electron chi connectivity index (χ0n) is 11.0. The lowest BCUT2D eigenvalue weighted by Crippen LogP contribution is -2.06. The highest BCUT2D eigenvalue weighted by Crippen LogP contribution is 2.19. The fourth-order valence-electron chi connectivity index (χ4n) is 1.61. The third-order valence-corrected chi connectivity index (χ3v) is 4.20. The average Bonchev–Trinajstić information content (AvgIpc) is 2.72. The van der Waals surface area contributed by atoms with Crippen molar-refractivity contribution >= 4 is 35.4 Å². The van der Waals surface area contributed by atoms with E-state index in [-0.39, 0.29) is 5.75 Å². The molecule has 1 aromatic heterocycles. The predicted octanol–water partition coefficient (Wildman–Crippen LogP) is 1.96. The number of carboxylic acid groups (broad SMARTS) is 1. The fourth-order valence-corrected chi connectivity index (χ4v) is 2.80. The number of carboxylic acids is 1. The van der Waals surface area contributed by atoms with Gasteiger partial charge in [0, 0.05) is 6.54 Å². The summed E-state index contributed by atoms with van der Waals surface area (Å²) in [6.07, 6.45) is 6.71. The highest BCUT2D eigenvalue weighted by Gasteiger charge is 2.11. The smallest absolute Gasteiger partial charge is 0.313 e. The standard InChI is InChI=1S/C11H20N4O2S2/c1-18-7-5-3-2-4-6-15-10(12)13-14-11(15)19-8-9(16)17/h2-8H2,1H3,(H2,12,13)(H,16,17). The van der Waals surface area contributed by atoms with Crippen LogP contribution in [0.25, 0.3) is 0 Å². The van der Waals surface area contributed by atoms with Crippen molar-refractivity contribution in [3.63, 3.8) is 0 Å². The quantitative estimate of drug-likeness (QED) is 0.504. The molecule has 1 rings (SSSR count). The number of nitrogen functional groups attached to an aromatic ring is 1. The Hall–Kier alpha value is -0.890. The molecule has 19 heavy (non-hydrogen) atoms. The normalized spacial score (nSPS) is 10.8. The topological polar surface area (TPSA) is 94.0 Å². The summed E-state index contributed by atoms with van der Waals surface area (Å²) in [6, 6.07) is 0. The maximum atomic E-state index is 10.5. The van der Waals surface area contributed by atoms with Gasteiger partial charge in [0.15, 0.2) is 5.16 Å². The minimum Gasteiger partial charge on any atom is -0.481 e. The van der Waals surface area contributed by atoms with Gasteiger partial charge in [-0.3, -0.25) is 9.36 Å². The molecule has 0 amide bonds. The molecule has 0 unspecified atom stereocenters. The van der Waals surface area contributed by atoms with Crippen LogP contribution < -0.4 is 5.73 Å². The Bertz CT molecular complexity index is 398. The molecular formula is C11H20N4O2S2. The highest BCUT2D eigenvalue weighted by atomic mass is 32.2. The van der Waals surface area contributed by atoms with Gasteiger partial charge < -0.3 is 10.8 Å². The van der Waals surface area contributed by atoms with Gasteiger partial charge in [0.25, 0.3) is 0 Å². The number of nitrogens with zero attached hydrogens (tertiary/aromatic N) is 3. The van der Waals surface area contributed by atoms with E-state index in [1.165, 1.54) is 18.6 Å². The lowest BCUT2D eigenvalue weighted by molar-refractivity contribution is -0.133. The first-order valence-electron chi connectivity index (χ1n) is 6.17. The van der Waals surface area contributed by atoms with E-state index in [0.29, 0.717) is 11.1 Å². The van der Waals surface area contributed by atoms with Crippen molar-refractivity contribution in [1.82, 2.24) is 14.8 Å². The Morgan fingerprint density at radius 3 is 2.74 bits per heavy atom. The van der Waals surface area contributed by atoms with Crippen LogP contribution in [0.2, 0.25) is 0 Å². The van der Waals surface area contributed by atoms with Crippen LogP contribution >= 0.6 is 23.5 Å². The van der Waals surface area contributed by atoms with E-state index in [1.54, 1.807) is 4.57 Å². The summed E-state index contributed by atoms with van der Waals surface area (Å²) in [6.45, 7) is 0.750. The molecule has 108 valence electrons. The summed E-state index contributed by atoms with van der Waals surface area (Å²) in [4.78, 5) is 10.5. The molecule has 0 saturated heterocycles. The number of nitrogens with two attached hydrogens (primary N) is 1. The first kappa shape index (κ1) is 16.2. The van der Waals surface area contributed by atoms with Gasteiger partial charge in [0.1, 0.15) is 0 Å². The summed E-state index contributed by atoms with van der Waals surface area (Å²) in [5, 5.41) is 16.9. The Labute approximate surface area is 121 Å². The maximum Gasteiger partial charge on any atom is 0.313 e. The minimum atomic E-state index is -0.866. The molecular weight excluding hydrogens is 284 g/mol. The molecule has 0 aliphatic carbocycles. The van der Waals surface area contributed by atoms with Gasteiger partial charge in [-0.25, -0.2) is 0 Å². The van der Waals surface area contributed by atoms with Crippen molar-refractivity contribution in [2.45, 2.75) is 37.4 Å². The highest BCUT2D eigenvalue weighted by molar-refractivity contribution is 7.99. The van der Waals surface area contributed by atoms with Crippen LogP contribution in [0.3, 0.4) is 0 Å². The molecule has 0 fully saturated rings. The summed E-state index contributed by atoms with van der Waals surface area (Å²) >= 11 is 3.02.